The summed E-state index contributed by atoms with van der Waals surface area (Å²) in [5.74, 6) is 2.10. The maximum absolute atomic E-state index is 6.58. The van der Waals surface area contributed by atoms with E-state index >= 15 is 0 Å². The van der Waals surface area contributed by atoms with Crippen LogP contribution in [0, 0.1) is 13.8 Å². The third-order valence-electron chi connectivity index (χ3n) is 6.79. The van der Waals surface area contributed by atoms with Crippen LogP contribution in [0.4, 0.5) is 0 Å². The number of nitrogens with zero attached hydrogens (tertiary/aromatic N) is 2. The predicted octanol–water partition coefficient (Wildman–Crippen LogP) is 6.27. The molecule has 0 atom stereocenters. The number of fused-ring (bicyclic) bond motifs is 3. The zero-order valence-corrected chi connectivity index (χ0v) is 20.8. The average molecular weight is 428 g/mol. The Morgan fingerprint density at radius 2 is 1.77 bits per heavy atom. The van der Waals surface area contributed by atoms with Crippen molar-refractivity contribution in [2.45, 2.75) is 53.3 Å². The SMILES string of the molecule is Cc1cc2cc(C(C)C)cc3c2c(c1C)-c1c(nc2c([Si](C)(C)C)cccc2[n+]1C)O3. The highest BCUT2D eigenvalue weighted by Gasteiger charge is 2.34. The Morgan fingerprint density at radius 3 is 2.45 bits per heavy atom. The molecule has 2 heterocycles. The summed E-state index contributed by atoms with van der Waals surface area (Å²) in [5, 5.41) is 3.83. The molecule has 0 spiro atoms. The number of aryl methyl sites for hydroxylation is 2. The van der Waals surface area contributed by atoms with E-state index < -0.39 is 8.07 Å². The van der Waals surface area contributed by atoms with Gasteiger partial charge in [-0.1, -0.05) is 57.8 Å². The highest BCUT2D eigenvalue weighted by atomic mass is 28.3. The molecule has 0 saturated heterocycles. The molecular weight excluding hydrogens is 396 g/mol. The molecule has 0 saturated carbocycles. The maximum atomic E-state index is 6.58. The zero-order chi connectivity index (χ0) is 22.2. The van der Waals surface area contributed by atoms with Crippen LogP contribution >= 0.6 is 0 Å². The van der Waals surface area contributed by atoms with Crippen LogP contribution in [-0.2, 0) is 7.05 Å². The van der Waals surface area contributed by atoms with Crippen molar-refractivity contribution in [1.82, 2.24) is 4.98 Å². The Hall–Kier alpha value is -2.72. The first kappa shape index (κ1) is 20.2. The van der Waals surface area contributed by atoms with Gasteiger partial charge in [0.15, 0.2) is 0 Å². The topological polar surface area (TPSA) is 26.0 Å². The molecule has 0 aliphatic carbocycles. The molecule has 0 N–H and O–H groups in total. The number of para-hydroxylation sites is 1. The van der Waals surface area contributed by atoms with Crippen molar-refractivity contribution in [3.63, 3.8) is 0 Å². The van der Waals surface area contributed by atoms with Gasteiger partial charge in [-0.2, -0.15) is 4.57 Å². The van der Waals surface area contributed by atoms with E-state index in [0.29, 0.717) is 5.92 Å². The second kappa shape index (κ2) is 6.64. The molecule has 3 nitrogen and oxygen atoms in total. The van der Waals surface area contributed by atoms with E-state index in [4.69, 9.17) is 9.72 Å². The second-order valence-corrected chi connectivity index (χ2v) is 15.4. The maximum Gasteiger partial charge on any atom is 0.294 e. The molecule has 1 aromatic heterocycles. The van der Waals surface area contributed by atoms with Crippen molar-refractivity contribution in [3.8, 4) is 22.9 Å². The summed E-state index contributed by atoms with van der Waals surface area (Å²) >= 11 is 0. The summed E-state index contributed by atoms with van der Waals surface area (Å²) in [7, 11) is 0.592. The van der Waals surface area contributed by atoms with Crippen LogP contribution in [0.2, 0.25) is 19.6 Å². The van der Waals surface area contributed by atoms with Crippen LogP contribution in [0.5, 0.6) is 11.6 Å². The summed E-state index contributed by atoms with van der Waals surface area (Å²) in [4.78, 5) is 5.17. The van der Waals surface area contributed by atoms with E-state index in [1.54, 1.807) is 0 Å². The first-order chi connectivity index (χ1) is 14.6. The Morgan fingerprint density at radius 1 is 1.03 bits per heavy atom. The van der Waals surface area contributed by atoms with Crippen molar-refractivity contribution in [2.24, 2.45) is 7.05 Å². The molecule has 3 aromatic carbocycles. The molecule has 4 heteroatoms. The number of benzene rings is 3. The fourth-order valence-electron chi connectivity index (χ4n) is 4.87. The van der Waals surface area contributed by atoms with Gasteiger partial charge in [0.1, 0.15) is 18.3 Å². The summed E-state index contributed by atoms with van der Waals surface area (Å²) in [6, 6.07) is 13.4. The number of hydrogen-bond acceptors (Lipinski definition) is 2. The third kappa shape index (κ3) is 2.92. The van der Waals surface area contributed by atoms with Crippen molar-refractivity contribution in [3.05, 3.63) is 53.1 Å². The Balaban J connectivity index is 1.94. The Bertz CT molecular complexity index is 1400. The van der Waals surface area contributed by atoms with Crippen molar-refractivity contribution >= 4 is 35.1 Å². The highest BCUT2D eigenvalue weighted by molar-refractivity contribution is 6.90. The number of ether oxygens (including phenoxy) is 1. The summed E-state index contributed by atoms with van der Waals surface area (Å²) in [5.41, 5.74) is 8.49. The molecule has 0 fully saturated rings. The van der Waals surface area contributed by atoms with E-state index in [2.05, 4.69) is 95.3 Å². The molecule has 1 aliphatic heterocycles. The van der Waals surface area contributed by atoms with E-state index in [9.17, 15) is 0 Å². The monoisotopic (exact) mass is 427 g/mol. The fourth-order valence-corrected chi connectivity index (χ4v) is 6.36. The quantitative estimate of drug-likeness (QED) is 0.245. The van der Waals surface area contributed by atoms with Crippen molar-refractivity contribution in [2.75, 3.05) is 0 Å². The van der Waals surface area contributed by atoms with Gasteiger partial charge in [-0.05, 0) is 53.1 Å². The Kier molecular flexibility index (Phi) is 4.32. The first-order valence-corrected chi connectivity index (χ1v) is 14.7. The van der Waals surface area contributed by atoms with E-state index in [1.165, 1.54) is 43.7 Å². The molecule has 0 bridgehead atoms. The van der Waals surface area contributed by atoms with E-state index in [-0.39, 0.29) is 0 Å². The lowest BCUT2D eigenvalue weighted by Gasteiger charge is -2.24. The molecule has 5 rings (SSSR count). The van der Waals surface area contributed by atoms with Crippen molar-refractivity contribution < 1.29 is 9.30 Å². The standard InChI is InChI=1S/C27H31N2OSi/c1-15(2)18-13-19-12-16(3)17(4)23-24(19)21(14-18)30-27-26(23)29(5)20-10-9-11-22(25(20)28-27)31(6,7)8/h9-15H,1-8H3/q+1. The number of hydrogen-bond donors (Lipinski definition) is 0. The van der Waals surface area contributed by atoms with E-state index in [0.717, 1.165) is 22.8 Å². The largest absolute Gasteiger partial charge is 0.433 e. The van der Waals surface area contributed by atoms with Gasteiger partial charge in [-0.15, -0.1) is 0 Å². The number of aromatic nitrogens is 2. The summed E-state index contributed by atoms with van der Waals surface area (Å²) in [6.07, 6.45) is 0. The van der Waals surface area contributed by atoms with Gasteiger partial charge in [0.25, 0.3) is 11.6 Å². The van der Waals surface area contributed by atoms with Crippen LogP contribution in [0.25, 0.3) is 33.1 Å². The lowest BCUT2D eigenvalue weighted by atomic mass is 9.89. The van der Waals surface area contributed by atoms with Crippen LogP contribution in [-0.4, -0.2) is 13.1 Å². The lowest BCUT2D eigenvalue weighted by Crippen LogP contribution is -2.42. The van der Waals surface area contributed by atoms with Crippen LogP contribution in [0.15, 0.2) is 36.4 Å². The third-order valence-corrected chi connectivity index (χ3v) is 8.81. The second-order valence-electron chi connectivity index (χ2n) is 10.3. The molecular formula is C27H31N2OSi+. The van der Waals surface area contributed by atoms with Crippen LogP contribution in [0.3, 0.4) is 0 Å². The fraction of sp³-hybridized carbons (Fsp3) is 0.333. The zero-order valence-electron chi connectivity index (χ0n) is 19.8. The molecule has 0 unspecified atom stereocenters. The smallest absolute Gasteiger partial charge is 0.294 e. The molecule has 0 amide bonds. The summed E-state index contributed by atoms with van der Waals surface area (Å²) in [6.45, 7) is 16.0. The minimum Gasteiger partial charge on any atom is -0.433 e. The van der Waals surface area contributed by atoms with Gasteiger partial charge in [-0.25, -0.2) is 4.98 Å². The molecule has 31 heavy (non-hydrogen) atoms. The average Bonchev–Trinajstić information content (AvgIpc) is 2.69. The predicted molar refractivity (Wildman–Crippen MR) is 132 cm³/mol. The van der Waals surface area contributed by atoms with Crippen molar-refractivity contribution in [1.29, 1.82) is 0 Å². The van der Waals surface area contributed by atoms with Gasteiger partial charge in [0.05, 0.1) is 13.6 Å². The Labute approximate surface area is 185 Å². The van der Waals surface area contributed by atoms with Gasteiger partial charge >= 0.3 is 0 Å². The van der Waals surface area contributed by atoms with Gasteiger partial charge < -0.3 is 4.74 Å². The molecule has 0 radical (unpaired) electrons. The minimum atomic E-state index is -1.56. The molecule has 158 valence electrons. The minimum absolute atomic E-state index is 0.440. The first-order valence-electron chi connectivity index (χ1n) is 11.2. The number of rotatable bonds is 2. The van der Waals surface area contributed by atoms with Crippen LogP contribution < -0.4 is 14.5 Å². The van der Waals surface area contributed by atoms with Gasteiger partial charge in [-0.3, -0.25) is 0 Å². The van der Waals surface area contributed by atoms with Gasteiger partial charge in [0, 0.05) is 11.5 Å². The lowest BCUT2D eigenvalue weighted by molar-refractivity contribution is -0.634. The highest BCUT2D eigenvalue weighted by Crippen LogP contribution is 2.47. The normalized spacial score (nSPS) is 13.1. The molecule has 1 aliphatic rings. The van der Waals surface area contributed by atoms with E-state index in [1.807, 2.05) is 0 Å². The van der Waals surface area contributed by atoms with Crippen LogP contribution in [0.1, 0.15) is 36.5 Å². The van der Waals surface area contributed by atoms with Gasteiger partial charge in [0.2, 0.25) is 5.52 Å². The summed E-state index contributed by atoms with van der Waals surface area (Å²) < 4.78 is 8.87. The molecule has 4 aromatic rings.